The molecule has 0 unspecified atom stereocenters. The number of rotatable bonds is 6. The van der Waals surface area contributed by atoms with Gasteiger partial charge >= 0.3 is 0 Å². The first-order chi connectivity index (χ1) is 14.5. The number of H-pyrrole nitrogens is 2. The van der Waals surface area contributed by atoms with Crippen LogP contribution in [-0.4, -0.2) is 66.6 Å². The fourth-order valence-electron chi connectivity index (χ4n) is 3.74. The summed E-state index contributed by atoms with van der Waals surface area (Å²) in [5.74, 6) is 1.51. The van der Waals surface area contributed by atoms with E-state index in [9.17, 15) is 9.59 Å². The van der Waals surface area contributed by atoms with Gasteiger partial charge in [0.25, 0.3) is 5.56 Å². The van der Waals surface area contributed by atoms with E-state index in [0.29, 0.717) is 41.1 Å². The van der Waals surface area contributed by atoms with Gasteiger partial charge in [0.1, 0.15) is 18.2 Å². The third-order valence-electron chi connectivity index (χ3n) is 5.36. The van der Waals surface area contributed by atoms with Crippen LogP contribution >= 0.6 is 12.2 Å². The van der Waals surface area contributed by atoms with E-state index >= 15 is 0 Å². The number of hydrogen-bond acceptors (Lipinski definition) is 6. The van der Waals surface area contributed by atoms with Gasteiger partial charge in [0, 0.05) is 32.6 Å². The maximum atomic E-state index is 12.8. The number of hydrogen-bond donors (Lipinski definition) is 2. The van der Waals surface area contributed by atoms with Crippen LogP contribution in [0.5, 0.6) is 0 Å². The van der Waals surface area contributed by atoms with E-state index in [1.165, 1.54) is 0 Å². The van der Waals surface area contributed by atoms with Gasteiger partial charge in [-0.25, -0.2) is 4.98 Å². The Kier molecular flexibility index (Phi) is 6.05. The molecule has 2 N–H and O–H groups in total. The van der Waals surface area contributed by atoms with Crippen molar-refractivity contribution >= 4 is 29.0 Å². The summed E-state index contributed by atoms with van der Waals surface area (Å²) in [4.78, 5) is 36.5. The van der Waals surface area contributed by atoms with E-state index < -0.39 is 0 Å². The zero-order valence-electron chi connectivity index (χ0n) is 16.9. The Morgan fingerprint density at radius 3 is 2.73 bits per heavy atom. The summed E-state index contributed by atoms with van der Waals surface area (Å²) < 4.78 is 2.27. The van der Waals surface area contributed by atoms with Gasteiger partial charge in [0.15, 0.2) is 4.77 Å². The van der Waals surface area contributed by atoms with Crippen LogP contribution in [0, 0.1) is 4.77 Å². The minimum Gasteiger partial charge on any atom is -0.339 e. The zero-order chi connectivity index (χ0) is 21.1. The van der Waals surface area contributed by atoms with Crippen LogP contribution in [0.1, 0.15) is 25.0 Å². The number of benzene rings is 1. The third-order valence-corrected chi connectivity index (χ3v) is 5.68. The quantitative estimate of drug-likeness (QED) is 0.578. The summed E-state index contributed by atoms with van der Waals surface area (Å²) >= 11 is 5.27. The molecule has 0 radical (unpaired) electrons. The van der Waals surface area contributed by atoms with E-state index in [1.54, 1.807) is 10.6 Å². The fraction of sp³-hybridized carbons (Fsp3) is 0.450. The first-order valence-electron chi connectivity index (χ1n) is 10.2. The van der Waals surface area contributed by atoms with Gasteiger partial charge in [-0.1, -0.05) is 19.1 Å². The molecular formula is C20H25N7O2S. The van der Waals surface area contributed by atoms with Gasteiger partial charge in [-0.3, -0.25) is 24.2 Å². The molecule has 1 saturated heterocycles. The monoisotopic (exact) mass is 427 g/mol. The lowest BCUT2D eigenvalue weighted by Gasteiger charge is -2.34. The molecular weight excluding hydrogens is 402 g/mol. The predicted octanol–water partition coefficient (Wildman–Crippen LogP) is 1.47. The van der Waals surface area contributed by atoms with E-state index in [-0.39, 0.29) is 18.0 Å². The smallest absolute Gasteiger partial charge is 0.258 e. The molecule has 1 amide bonds. The van der Waals surface area contributed by atoms with Crippen molar-refractivity contribution in [1.29, 1.82) is 0 Å². The molecule has 10 heteroatoms. The second kappa shape index (κ2) is 8.88. The molecule has 2 aromatic heterocycles. The number of aryl methyl sites for hydroxylation is 1. The van der Waals surface area contributed by atoms with E-state index in [0.717, 1.165) is 31.8 Å². The molecule has 0 aliphatic carbocycles. The standard InChI is InChI=1S/C20H25N7O2S/c1-2-5-17-23-24-20(30)27(17)13-18(28)26-10-8-25(9-11-26)12-16-21-15-7-4-3-6-14(15)19(29)22-16/h3-4,6-7H,2,5,8-13H2,1H3,(H,24,30)(H,21,22,29). The van der Waals surface area contributed by atoms with Gasteiger partial charge in [0.2, 0.25) is 5.91 Å². The molecule has 1 aromatic carbocycles. The Labute approximate surface area is 178 Å². The number of aromatic nitrogens is 5. The van der Waals surface area contributed by atoms with Gasteiger partial charge in [-0.15, -0.1) is 0 Å². The van der Waals surface area contributed by atoms with Crippen molar-refractivity contribution < 1.29 is 4.79 Å². The Bertz CT molecular complexity index is 1160. The number of piperazine rings is 1. The molecule has 158 valence electrons. The zero-order valence-corrected chi connectivity index (χ0v) is 17.7. The second-order valence-corrected chi connectivity index (χ2v) is 7.85. The Balaban J connectivity index is 1.36. The lowest BCUT2D eigenvalue weighted by molar-refractivity contribution is -0.133. The first kappa shape index (κ1) is 20.4. The molecule has 9 nitrogen and oxygen atoms in total. The van der Waals surface area contributed by atoms with Crippen LogP contribution in [0.25, 0.3) is 10.9 Å². The highest BCUT2D eigenvalue weighted by Crippen LogP contribution is 2.10. The summed E-state index contributed by atoms with van der Waals surface area (Å²) in [7, 11) is 0. The topological polar surface area (TPSA) is 103 Å². The molecule has 3 heterocycles. The fourth-order valence-corrected chi connectivity index (χ4v) is 3.96. The highest BCUT2D eigenvalue weighted by Gasteiger charge is 2.23. The molecule has 0 saturated carbocycles. The number of carbonyl (C=O) groups excluding carboxylic acids is 1. The minimum absolute atomic E-state index is 0.0433. The second-order valence-electron chi connectivity index (χ2n) is 7.47. The number of nitrogens with one attached hydrogen (secondary N) is 2. The number of nitrogens with zero attached hydrogens (tertiary/aromatic N) is 5. The average Bonchev–Trinajstić information content (AvgIpc) is 3.08. The predicted molar refractivity (Wildman–Crippen MR) is 116 cm³/mol. The maximum absolute atomic E-state index is 12.8. The highest BCUT2D eigenvalue weighted by molar-refractivity contribution is 7.71. The summed E-state index contributed by atoms with van der Waals surface area (Å²) in [5.41, 5.74) is 0.578. The summed E-state index contributed by atoms with van der Waals surface area (Å²) in [6.07, 6.45) is 1.72. The molecule has 1 aliphatic rings. The van der Waals surface area contributed by atoms with Gasteiger partial charge in [-0.2, -0.15) is 5.10 Å². The van der Waals surface area contributed by atoms with Crippen molar-refractivity contribution in [2.45, 2.75) is 32.9 Å². The molecule has 0 bridgehead atoms. The lowest BCUT2D eigenvalue weighted by atomic mass is 10.2. The van der Waals surface area contributed by atoms with Crippen LogP contribution in [0.4, 0.5) is 0 Å². The van der Waals surface area contributed by atoms with Crippen LogP contribution < -0.4 is 5.56 Å². The normalized spacial score (nSPS) is 15.0. The summed E-state index contributed by atoms with van der Waals surface area (Å²) in [6, 6.07) is 7.32. The van der Waals surface area contributed by atoms with E-state index in [1.807, 2.05) is 23.1 Å². The molecule has 3 aromatic rings. The van der Waals surface area contributed by atoms with Crippen LogP contribution in [0.3, 0.4) is 0 Å². The Morgan fingerprint density at radius 2 is 1.97 bits per heavy atom. The lowest BCUT2D eigenvalue weighted by Crippen LogP contribution is -2.49. The number of carbonyl (C=O) groups is 1. The SMILES string of the molecule is CCCc1n[nH]c(=S)n1CC(=O)N1CCN(Cc2nc3ccccc3c(=O)[nH]2)CC1. The van der Waals surface area contributed by atoms with Crippen molar-refractivity contribution in [1.82, 2.24) is 34.5 Å². The number of para-hydroxylation sites is 1. The summed E-state index contributed by atoms with van der Waals surface area (Å²) in [6.45, 7) is 5.54. The van der Waals surface area contributed by atoms with Gasteiger partial charge < -0.3 is 9.88 Å². The molecule has 0 atom stereocenters. The number of fused-ring (bicyclic) bond motifs is 1. The molecule has 1 fully saturated rings. The minimum atomic E-state index is -0.121. The number of amides is 1. The number of aromatic amines is 2. The van der Waals surface area contributed by atoms with Crippen LogP contribution in [-0.2, 0) is 24.3 Å². The molecule has 0 spiro atoms. The van der Waals surface area contributed by atoms with E-state index in [2.05, 4.69) is 32.0 Å². The van der Waals surface area contributed by atoms with Gasteiger partial charge in [0.05, 0.1) is 17.4 Å². The third kappa shape index (κ3) is 4.34. The van der Waals surface area contributed by atoms with E-state index in [4.69, 9.17) is 12.2 Å². The Hall–Kier alpha value is -2.85. The van der Waals surface area contributed by atoms with Crippen molar-refractivity contribution in [2.75, 3.05) is 26.2 Å². The van der Waals surface area contributed by atoms with Crippen molar-refractivity contribution in [3.05, 3.63) is 51.0 Å². The summed E-state index contributed by atoms with van der Waals surface area (Å²) in [5, 5.41) is 7.60. The Morgan fingerprint density at radius 1 is 1.20 bits per heavy atom. The van der Waals surface area contributed by atoms with Crippen molar-refractivity contribution in [2.24, 2.45) is 0 Å². The van der Waals surface area contributed by atoms with Crippen LogP contribution in [0.15, 0.2) is 29.1 Å². The molecule has 30 heavy (non-hydrogen) atoms. The first-order valence-corrected chi connectivity index (χ1v) is 10.6. The molecule has 1 aliphatic heterocycles. The van der Waals surface area contributed by atoms with Crippen molar-refractivity contribution in [3.63, 3.8) is 0 Å². The van der Waals surface area contributed by atoms with Crippen molar-refractivity contribution in [3.8, 4) is 0 Å². The molecule has 4 rings (SSSR count). The van der Waals surface area contributed by atoms with Crippen LogP contribution in [0.2, 0.25) is 0 Å². The maximum Gasteiger partial charge on any atom is 0.258 e. The highest BCUT2D eigenvalue weighted by atomic mass is 32.1. The largest absolute Gasteiger partial charge is 0.339 e. The van der Waals surface area contributed by atoms with Gasteiger partial charge in [-0.05, 0) is 30.8 Å². The average molecular weight is 428 g/mol.